The second kappa shape index (κ2) is 14.7. The Morgan fingerprint density at radius 3 is 2.60 bits per heavy atom. The van der Waals surface area contributed by atoms with Crippen LogP contribution in [0.2, 0.25) is 0 Å². The van der Waals surface area contributed by atoms with Crippen molar-refractivity contribution in [2.45, 2.75) is 32.7 Å². The number of nitrogens with one attached hydrogen (secondary N) is 3. The molecule has 0 aliphatic carbocycles. The molecule has 1 heterocycles. The minimum absolute atomic E-state index is 0.0479. The van der Waals surface area contributed by atoms with Crippen molar-refractivity contribution < 1.29 is 38.0 Å². The van der Waals surface area contributed by atoms with Gasteiger partial charge in [0.05, 0.1) is 31.5 Å². The van der Waals surface area contributed by atoms with Gasteiger partial charge in [0.1, 0.15) is 24.8 Å². The van der Waals surface area contributed by atoms with E-state index in [-0.39, 0.29) is 24.6 Å². The first-order chi connectivity index (χ1) is 20.8. The molecule has 1 aliphatic heterocycles. The van der Waals surface area contributed by atoms with Gasteiger partial charge in [0.15, 0.2) is 17.7 Å². The summed E-state index contributed by atoms with van der Waals surface area (Å²) in [5.74, 6) is 0.252. The highest BCUT2D eigenvalue weighted by atomic mass is 19.1. The van der Waals surface area contributed by atoms with E-state index in [4.69, 9.17) is 18.9 Å². The Balaban J connectivity index is 1.39. The van der Waals surface area contributed by atoms with Crippen molar-refractivity contribution in [3.63, 3.8) is 0 Å². The summed E-state index contributed by atoms with van der Waals surface area (Å²) in [6.07, 6.45) is 0.291. The van der Waals surface area contributed by atoms with Crippen LogP contribution in [0.5, 0.6) is 17.2 Å². The molecule has 0 unspecified atom stereocenters. The lowest BCUT2D eigenvalue weighted by Gasteiger charge is -2.28. The van der Waals surface area contributed by atoms with E-state index in [1.807, 2.05) is 0 Å². The van der Waals surface area contributed by atoms with Crippen LogP contribution in [0, 0.1) is 5.82 Å². The zero-order valence-electron chi connectivity index (χ0n) is 23.9. The van der Waals surface area contributed by atoms with Crippen LogP contribution in [-0.4, -0.2) is 49.9 Å². The topological polar surface area (TPSA) is 140 Å². The van der Waals surface area contributed by atoms with E-state index < -0.39 is 24.3 Å². The summed E-state index contributed by atoms with van der Waals surface area (Å²) in [4.78, 5) is 24.6. The number of aliphatic hydroxyl groups is 1. The second-order valence-corrected chi connectivity index (χ2v) is 9.33. The first kappa shape index (κ1) is 30.8. The number of ether oxygens (including phenoxy) is 4. The van der Waals surface area contributed by atoms with Gasteiger partial charge < -0.3 is 34.7 Å². The van der Waals surface area contributed by atoms with Crippen molar-refractivity contribution in [2.75, 3.05) is 20.3 Å². The Labute approximate surface area is 248 Å². The molecule has 3 aromatic carbocycles. The number of halogens is 1. The summed E-state index contributed by atoms with van der Waals surface area (Å²) in [6.45, 7) is 3.61. The molecule has 0 saturated heterocycles. The van der Waals surface area contributed by atoms with Crippen LogP contribution in [-0.2, 0) is 16.1 Å². The number of para-hydroxylation sites is 1. The molecule has 0 fully saturated rings. The van der Waals surface area contributed by atoms with E-state index in [0.29, 0.717) is 46.2 Å². The lowest BCUT2D eigenvalue weighted by Crippen LogP contribution is -2.45. The third kappa shape index (κ3) is 8.01. The summed E-state index contributed by atoms with van der Waals surface area (Å²) in [5, 5.41) is 19.8. The monoisotopic (exact) mass is 592 g/mol. The fourth-order valence-corrected chi connectivity index (χ4v) is 4.30. The number of hydrazone groups is 1. The number of urea groups is 1. The largest absolute Gasteiger partial charge is 0.490 e. The highest BCUT2D eigenvalue weighted by Gasteiger charge is 2.32. The third-order valence-corrected chi connectivity index (χ3v) is 6.36. The number of benzene rings is 3. The highest BCUT2D eigenvalue weighted by molar-refractivity contribution is 5.95. The van der Waals surface area contributed by atoms with Gasteiger partial charge in [-0.1, -0.05) is 36.4 Å². The number of methoxy groups -OCH3 is 1. The Morgan fingerprint density at radius 2 is 1.84 bits per heavy atom. The Kier molecular flexibility index (Phi) is 10.5. The predicted octanol–water partition coefficient (Wildman–Crippen LogP) is 3.93. The molecule has 2 atom stereocenters. The predicted molar refractivity (Wildman–Crippen MR) is 156 cm³/mol. The normalized spacial score (nSPS) is 15.4. The van der Waals surface area contributed by atoms with Gasteiger partial charge in [-0.05, 0) is 49.7 Å². The molecule has 0 bridgehead atoms. The first-order valence-electron chi connectivity index (χ1n) is 13.5. The number of carbonyl (C=O) groups is 2. The lowest BCUT2D eigenvalue weighted by molar-refractivity contribution is -0.136. The average Bonchev–Trinajstić information content (AvgIpc) is 3.00. The highest BCUT2D eigenvalue weighted by Crippen LogP contribution is 2.35. The number of carbonyl (C=O) groups excluding carboxylic acids is 2. The van der Waals surface area contributed by atoms with Crippen molar-refractivity contribution in [1.29, 1.82) is 0 Å². The molecule has 2 amide bonds. The van der Waals surface area contributed by atoms with Gasteiger partial charge in [-0.25, -0.2) is 14.0 Å². The van der Waals surface area contributed by atoms with Crippen LogP contribution in [0.1, 0.15) is 36.6 Å². The molecule has 4 N–H and O–H groups in total. The number of allylic oxidation sites excluding steroid dienone is 1. The zero-order valence-corrected chi connectivity index (χ0v) is 23.9. The molecule has 11 nitrogen and oxygen atoms in total. The molecule has 226 valence electrons. The molecule has 43 heavy (non-hydrogen) atoms. The van der Waals surface area contributed by atoms with Crippen molar-refractivity contribution in [2.24, 2.45) is 5.10 Å². The Hall–Kier alpha value is -5.10. The van der Waals surface area contributed by atoms with Crippen molar-refractivity contribution in [1.82, 2.24) is 16.1 Å². The molecule has 1 aliphatic rings. The summed E-state index contributed by atoms with van der Waals surface area (Å²) in [6, 6.07) is 17.2. The van der Waals surface area contributed by atoms with Gasteiger partial charge in [0.25, 0.3) is 0 Å². The number of amides is 2. The van der Waals surface area contributed by atoms with Crippen LogP contribution in [0.25, 0.3) is 0 Å². The van der Waals surface area contributed by atoms with Crippen LogP contribution >= 0.6 is 0 Å². The molecular formula is C31H33FN4O7. The minimum atomic E-state index is -1.18. The van der Waals surface area contributed by atoms with E-state index in [1.54, 1.807) is 74.5 Å². The third-order valence-electron chi connectivity index (χ3n) is 6.36. The standard InChI is InChI=1S/C31H33FN4O7/c1-4-41-26-15-20(29-28(30(38)40-3)19(2)34-31(39)35-29)13-14-25(26)43-18-27(37)36-33-16-21-9-6-8-12-24(21)42-17-22-10-5-7-11-23(22)32/h5-16,27,29,36-37H,4,17-18H2,1-3H3,(H2,34,35,39)/b33-16-/t27-,29-/m1/s1. The number of hydrogen-bond donors (Lipinski definition) is 4. The number of rotatable bonds is 13. The molecule has 0 saturated carbocycles. The fraction of sp³-hybridized carbons (Fsp3) is 0.258. The van der Waals surface area contributed by atoms with Gasteiger partial charge in [-0.15, -0.1) is 0 Å². The van der Waals surface area contributed by atoms with Crippen LogP contribution < -0.4 is 30.3 Å². The number of aliphatic hydroxyl groups excluding tert-OH is 1. The van der Waals surface area contributed by atoms with Crippen molar-refractivity contribution in [3.05, 3.63) is 101 Å². The summed E-state index contributed by atoms with van der Waals surface area (Å²) < 4.78 is 36.1. The number of hydrogen-bond acceptors (Lipinski definition) is 9. The minimum Gasteiger partial charge on any atom is -0.490 e. The molecule has 0 aromatic heterocycles. The van der Waals surface area contributed by atoms with Crippen LogP contribution in [0.15, 0.2) is 83.1 Å². The van der Waals surface area contributed by atoms with E-state index in [1.165, 1.54) is 19.4 Å². The van der Waals surface area contributed by atoms with Gasteiger partial charge in [-0.3, -0.25) is 5.43 Å². The maximum atomic E-state index is 13.9. The molecule has 3 aromatic rings. The van der Waals surface area contributed by atoms with E-state index in [0.717, 1.165) is 0 Å². The smallest absolute Gasteiger partial charge is 0.337 e. The maximum absolute atomic E-state index is 13.9. The van der Waals surface area contributed by atoms with Gasteiger partial charge in [0, 0.05) is 16.8 Å². The zero-order chi connectivity index (χ0) is 30.8. The number of nitrogens with zero attached hydrogens (tertiary/aromatic N) is 1. The molecular weight excluding hydrogens is 559 g/mol. The molecule has 4 rings (SSSR count). The fourth-order valence-electron chi connectivity index (χ4n) is 4.30. The van der Waals surface area contributed by atoms with Gasteiger partial charge in [-0.2, -0.15) is 5.10 Å². The van der Waals surface area contributed by atoms with Gasteiger partial charge >= 0.3 is 12.0 Å². The van der Waals surface area contributed by atoms with Crippen molar-refractivity contribution >= 4 is 18.2 Å². The Morgan fingerprint density at radius 1 is 1.07 bits per heavy atom. The molecule has 0 spiro atoms. The quantitative estimate of drug-likeness (QED) is 0.101. The lowest BCUT2D eigenvalue weighted by atomic mass is 9.95. The summed E-state index contributed by atoms with van der Waals surface area (Å²) >= 11 is 0. The summed E-state index contributed by atoms with van der Waals surface area (Å²) in [5.41, 5.74) is 4.85. The summed E-state index contributed by atoms with van der Waals surface area (Å²) in [7, 11) is 1.27. The molecule has 0 radical (unpaired) electrons. The average molecular weight is 593 g/mol. The van der Waals surface area contributed by atoms with E-state index >= 15 is 0 Å². The van der Waals surface area contributed by atoms with E-state index in [2.05, 4.69) is 21.2 Å². The number of esters is 1. The van der Waals surface area contributed by atoms with Crippen LogP contribution in [0.3, 0.4) is 0 Å². The molecule has 12 heteroatoms. The van der Waals surface area contributed by atoms with E-state index in [9.17, 15) is 19.1 Å². The van der Waals surface area contributed by atoms with Crippen LogP contribution in [0.4, 0.5) is 9.18 Å². The second-order valence-electron chi connectivity index (χ2n) is 9.33. The van der Waals surface area contributed by atoms with Gasteiger partial charge in [0.2, 0.25) is 0 Å². The SMILES string of the molecule is CCOc1cc([C@H]2NC(=O)NC(C)=C2C(=O)OC)ccc1OC[C@@H](O)N/N=C\c1ccccc1OCc1ccccc1F. The Bertz CT molecular complexity index is 1510. The maximum Gasteiger partial charge on any atom is 0.337 e. The van der Waals surface area contributed by atoms with Crippen molar-refractivity contribution in [3.8, 4) is 17.2 Å². The first-order valence-corrected chi connectivity index (χ1v) is 13.5.